The van der Waals surface area contributed by atoms with Gasteiger partial charge in [-0.3, -0.25) is 0 Å². The van der Waals surface area contributed by atoms with E-state index in [-0.39, 0.29) is 19.8 Å². The average molecular weight is 236 g/mol. The number of rotatable bonds is 12. The Morgan fingerprint density at radius 3 is 1.75 bits per heavy atom. The van der Waals surface area contributed by atoms with E-state index in [0.29, 0.717) is 33.0 Å². The average Bonchev–Trinajstić information content (AvgIpc) is 2.31. The fourth-order valence-electron chi connectivity index (χ4n) is 0.761. The van der Waals surface area contributed by atoms with Crippen molar-refractivity contribution < 1.29 is 29.2 Å². The Kier molecular flexibility index (Phi) is 13.5. The standard InChI is InChI=1S/C10H20O6/c11-1-3-13-5-7-15-9-10-16-8-6-14-4-2-12/h5,7,11-12H,1-4,6,8-10H2/b7-5-. The number of ether oxygens (including phenoxy) is 4. The van der Waals surface area contributed by atoms with Crippen molar-refractivity contribution in [3.63, 3.8) is 0 Å². The molecule has 16 heavy (non-hydrogen) atoms. The number of hydrogen-bond acceptors (Lipinski definition) is 6. The van der Waals surface area contributed by atoms with Gasteiger partial charge in [0.25, 0.3) is 0 Å². The van der Waals surface area contributed by atoms with Crippen molar-refractivity contribution in [2.45, 2.75) is 0 Å². The van der Waals surface area contributed by atoms with Crippen LogP contribution in [0.15, 0.2) is 12.5 Å². The van der Waals surface area contributed by atoms with Gasteiger partial charge in [-0.25, -0.2) is 0 Å². The van der Waals surface area contributed by atoms with E-state index >= 15 is 0 Å². The Morgan fingerprint density at radius 2 is 1.12 bits per heavy atom. The summed E-state index contributed by atoms with van der Waals surface area (Å²) >= 11 is 0. The molecule has 0 saturated heterocycles. The third-order valence-corrected chi connectivity index (χ3v) is 1.41. The Balaban J connectivity index is 2.95. The van der Waals surface area contributed by atoms with Crippen LogP contribution in [0.2, 0.25) is 0 Å². The number of hydrogen-bond donors (Lipinski definition) is 2. The fraction of sp³-hybridized carbons (Fsp3) is 0.800. The maximum Gasteiger partial charge on any atom is 0.117 e. The summed E-state index contributed by atoms with van der Waals surface area (Å²) in [5.41, 5.74) is 0. The van der Waals surface area contributed by atoms with E-state index in [4.69, 9.17) is 29.2 Å². The molecule has 0 fully saturated rings. The minimum atomic E-state index is -0.0126. The lowest BCUT2D eigenvalue weighted by Crippen LogP contribution is -2.09. The largest absolute Gasteiger partial charge is 0.496 e. The van der Waals surface area contributed by atoms with Crippen molar-refractivity contribution in [3.8, 4) is 0 Å². The van der Waals surface area contributed by atoms with Gasteiger partial charge in [-0.1, -0.05) is 0 Å². The van der Waals surface area contributed by atoms with E-state index in [1.807, 2.05) is 0 Å². The first-order chi connectivity index (χ1) is 7.91. The summed E-state index contributed by atoms with van der Waals surface area (Å²) in [7, 11) is 0. The Morgan fingerprint density at radius 1 is 0.625 bits per heavy atom. The van der Waals surface area contributed by atoms with Crippen LogP contribution in [0.4, 0.5) is 0 Å². The first kappa shape index (κ1) is 15.2. The molecule has 0 aliphatic heterocycles. The lowest BCUT2D eigenvalue weighted by molar-refractivity contribution is 0.0196. The molecule has 0 spiro atoms. The summed E-state index contributed by atoms with van der Waals surface area (Å²) in [6, 6.07) is 0. The molecule has 0 bridgehead atoms. The second-order valence-electron chi connectivity index (χ2n) is 2.69. The second kappa shape index (κ2) is 14.2. The molecule has 0 atom stereocenters. The topological polar surface area (TPSA) is 77.4 Å². The zero-order chi connectivity index (χ0) is 11.9. The third-order valence-electron chi connectivity index (χ3n) is 1.41. The van der Waals surface area contributed by atoms with Gasteiger partial charge in [-0.2, -0.15) is 0 Å². The first-order valence-corrected chi connectivity index (χ1v) is 5.17. The molecule has 2 N–H and O–H groups in total. The van der Waals surface area contributed by atoms with E-state index in [1.54, 1.807) is 0 Å². The van der Waals surface area contributed by atoms with Gasteiger partial charge in [-0.15, -0.1) is 0 Å². The molecular weight excluding hydrogens is 216 g/mol. The summed E-state index contributed by atoms with van der Waals surface area (Å²) in [6.07, 6.45) is 2.78. The van der Waals surface area contributed by atoms with Gasteiger partial charge in [0.05, 0.1) is 39.6 Å². The Labute approximate surface area is 95.4 Å². The highest BCUT2D eigenvalue weighted by atomic mass is 16.5. The molecule has 0 saturated carbocycles. The Hall–Kier alpha value is -0.820. The van der Waals surface area contributed by atoms with E-state index in [2.05, 4.69) is 0 Å². The second-order valence-corrected chi connectivity index (χ2v) is 2.69. The number of aliphatic hydroxyl groups is 2. The normalized spacial score (nSPS) is 10.9. The molecule has 0 aliphatic carbocycles. The van der Waals surface area contributed by atoms with Gasteiger partial charge in [0.15, 0.2) is 0 Å². The zero-order valence-corrected chi connectivity index (χ0v) is 9.34. The van der Waals surface area contributed by atoms with Crippen LogP contribution in [0.5, 0.6) is 0 Å². The number of aliphatic hydroxyl groups excluding tert-OH is 2. The quantitative estimate of drug-likeness (QED) is 0.352. The monoisotopic (exact) mass is 236 g/mol. The lowest BCUT2D eigenvalue weighted by Gasteiger charge is -2.04. The van der Waals surface area contributed by atoms with Crippen molar-refractivity contribution in [3.05, 3.63) is 12.5 Å². The van der Waals surface area contributed by atoms with Crippen LogP contribution in [0.3, 0.4) is 0 Å². The molecule has 0 heterocycles. The molecule has 0 rings (SSSR count). The van der Waals surface area contributed by atoms with Crippen molar-refractivity contribution in [1.29, 1.82) is 0 Å². The molecule has 6 heteroatoms. The third kappa shape index (κ3) is 13.2. The van der Waals surface area contributed by atoms with E-state index in [0.717, 1.165) is 0 Å². The molecule has 0 amide bonds. The predicted molar refractivity (Wildman–Crippen MR) is 56.9 cm³/mol. The SMILES string of the molecule is OCCO/C=C\OCCOCCOCCO. The van der Waals surface area contributed by atoms with Gasteiger partial charge in [0.1, 0.15) is 25.7 Å². The van der Waals surface area contributed by atoms with Crippen LogP contribution in [0.25, 0.3) is 0 Å². The minimum absolute atomic E-state index is 0.0126. The van der Waals surface area contributed by atoms with Crippen LogP contribution in [0, 0.1) is 0 Å². The van der Waals surface area contributed by atoms with Crippen molar-refractivity contribution >= 4 is 0 Å². The smallest absolute Gasteiger partial charge is 0.117 e. The molecule has 0 aromatic rings. The zero-order valence-electron chi connectivity index (χ0n) is 9.34. The summed E-state index contributed by atoms with van der Waals surface area (Å²) in [5, 5.41) is 16.8. The summed E-state index contributed by atoms with van der Waals surface area (Å²) in [6.45, 7) is 2.46. The minimum Gasteiger partial charge on any atom is -0.496 e. The highest BCUT2D eigenvalue weighted by Crippen LogP contribution is 1.83. The molecule has 0 aliphatic rings. The maximum atomic E-state index is 8.41. The molecule has 0 aromatic heterocycles. The molecule has 0 radical (unpaired) electrons. The highest BCUT2D eigenvalue weighted by molar-refractivity contribution is 4.60. The van der Waals surface area contributed by atoms with Crippen molar-refractivity contribution in [2.75, 3.05) is 52.9 Å². The van der Waals surface area contributed by atoms with Gasteiger partial charge in [0.2, 0.25) is 0 Å². The van der Waals surface area contributed by atoms with Crippen LogP contribution in [-0.4, -0.2) is 63.1 Å². The highest BCUT2D eigenvalue weighted by Gasteiger charge is 1.89. The molecule has 96 valence electrons. The Bertz CT molecular complexity index is 150. The van der Waals surface area contributed by atoms with Gasteiger partial charge >= 0.3 is 0 Å². The van der Waals surface area contributed by atoms with Crippen LogP contribution in [0.1, 0.15) is 0 Å². The summed E-state index contributed by atoms with van der Waals surface area (Å²) < 4.78 is 20.0. The van der Waals surface area contributed by atoms with Crippen LogP contribution < -0.4 is 0 Å². The first-order valence-electron chi connectivity index (χ1n) is 5.17. The van der Waals surface area contributed by atoms with Gasteiger partial charge in [-0.05, 0) is 0 Å². The lowest BCUT2D eigenvalue weighted by atomic mass is 10.7. The summed E-state index contributed by atoms with van der Waals surface area (Å²) in [5.74, 6) is 0. The van der Waals surface area contributed by atoms with E-state index < -0.39 is 0 Å². The van der Waals surface area contributed by atoms with Gasteiger partial charge < -0.3 is 29.2 Å². The molecular formula is C10H20O6. The van der Waals surface area contributed by atoms with Crippen molar-refractivity contribution in [1.82, 2.24) is 0 Å². The summed E-state index contributed by atoms with van der Waals surface area (Å²) in [4.78, 5) is 0. The maximum absolute atomic E-state index is 8.41. The van der Waals surface area contributed by atoms with E-state index in [1.165, 1.54) is 12.5 Å². The molecule has 0 aromatic carbocycles. The van der Waals surface area contributed by atoms with E-state index in [9.17, 15) is 0 Å². The molecule has 6 nitrogen and oxygen atoms in total. The molecule has 0 unspecified atom stereocenters. The van der Waals surface area contributed by atoms with Crippen molar-refractivity contribution in [2.24, 2.45) is 0 Å². The fourth-order valence-corrected chi connectivity index (χ4v) is 0.761. The van der Waals surface area contributed by atoms with Gasteiger partial charge in [0, 0.05) is 0 Å². The van der Waals surface area contributed by atoms with Crippen LogP contribution >= 0.6 is 0 Å². The van der Waals surface area contributed by atoms with Crippen LogP contribution in [-0.2, 0) is 18.9 Å². The predicted octanol–water partition coefficient (Wildman–Crippen LogP) is -0.491.